The maximum Gasteiger partial charge on any atom is 0.127 e. The van der Waals surface area contributed by atoms with Gasteiger partial charge in [0.1, 0.15) is 11.6 Å². The van der Waals surface area contributed by atoms with Crippen LogP contribution in [0.3, 0.4) is 0 Å². The lowest BCUT2D eigenvalue weighted by Crippen LogP contribution is -2.15. The van der Waals surface area contributed by atoms with Gasteiger partial charge in [0.05, 0.1) is 16.4 Å². The first kappa shape index (κ1) is 14.5. The lowest BCUT2D eigenvalue weighted by atomic mass is 10.3. The number of hydrogen-bond donors (Lipinski definition) is 0. The van der Waals surface area contributed by atoms with Gasteiger partial charge < -0.3 is 4.57 Å². The molecule has 0 amide bonds. The number of hydrogen-bond acceptors (Lipinski definition) is 2. The zero-order valence-electron chi connectivity index (χ0n) is 11.1. The largest absolute Gasteiger partial charge is 0.323 e. The molecule has 2 rings (SSSR count). The van der Waals surface area contributed by atoms with E-state index in [1.54, 1.807) is 12.3 Å². The second-order valence-electron chi connectivity index (χ2n) is 4.68. The van der Waals surface area contributed by atoms with Crippen LogP contribution in [0.4, 0.5) is 4.39 Å². The third-order valence-corrected chi connectivity index (χ3v) is 4.10. The van der Waals surface area contributed by atoms with Gasteiger partial charge in [0.15, 0.2) is 0 Å². The molecule has 1 aromatic heterocycles. The first-order valence-electron chi connectivity index (χ1n) is 6.01. The van der Waals surface area contributed by atoms with E-state index in [9.17, 15) is 8.60 Å². The van der Waals surface area contributed by atoms with E-state index in [0.717, 1.165) is 5.52 Å². The summed E-state index contributed by atoms with van der Waals surface area (Å²) < 4.78 is 26.6. The average Bonchev–Trinajstić information content (AvgIpc) is 2.66. The van der Waals surface area contributed by atoms with E-state index in [1.807, 2.05) is 18.4 Å². The van der Waals surface area contributed by atoms with Crippen LogP contribution in [0.2, 0.25) is 0 Å². The van der Waals surface area contributed by atoms with E-state index in [2.05, 4.69) is 4.98 Å². The number of rotatable bonds is 4. The minimum atomic E-state index is -0.915. The number of benzene rings is 1. The topological polar surface area (TPSA) is 34.9 Å². The van der Waals surface area contributed by atoms with E-state index < -0.39 is 10.8 Å². The summed E-state index contributed by atoms with van der Waals surface area (Å²) in [6.07, 6.45) is 1.67. The molecule has 3 nitrogen and oxygen atoms in total. The van der Waals surface area contributed by atoms with Crippen molar-refractivity contribution in [3.8, 4) is 0 Å². The molecule has 6 heteroatoms. The summed E-state index contributed by atoms with van der Waals surface area (Å²) in [4.78, 5) is 4.39. The Hall–Kier alpha value is -0.940. The monoisotopic (exact) mass is 302 g/mol. The summed E-state index contributed by atoms with van der Waals surface area (Å²) in [5, 5.41) is -0.289. The van der Waals surface area contributed by atoms with Crippen LogP contribution in [0, 0.1) is 5.82 Å². The third kappa shape index (κ3) is 2.98. The van der Waals surface area contributed by atoms with Crippen molar-refractivity contribution in [2.45, 2.75) is 25.3 Å². The Bertz CT molecular complexity index is 626. The molecular weight excluding hydrogens is 287 g/mol. The highest BCUT2D eigenvalue weighted by Crippen LogP contribution is 2.28. The molecule has 2 aromatic rings. The predicted molar refractivity (Wildman–Crippen MR) is 77.6 cm³/mol. The van der Waals surface area contributed by atoms with E-state index in [0.29, 0.717) is 17.1 Å². The van der Waals surface area contributed by atoms with E-state index in [-0.39, 0.29) is 17.2 Å². The molecule has 0 saturated heterocycles. The Balaban J connectivity index is 2.61. The minimum Gasteiger partial charge on any atom is -0.323 e. The van der Waals surface area contributed by atoms with Crippen molar-refractivity contribution in [1.82, 2.24) is 9.55 Å². The summed E-state index contributed by atoms with van der Waals surface area (Å²) in [7, 11) is -0.915. The second kappa shape index (κ2) is 5.59. The van der Waals surface area contributed by atoms with E-state index in [1.165, 1.54) is 12.1 Å². The van der Waals surface area contributed by atoms with Gasteiger partial charge in [0, 0.05) is 34.9 Å². The number of nitrogens with zero attached hydrogens (tertiary/aromatic N) is 2. The third-order valence-electron chi connectivity index (χ3n) is 2.95. The molecule has 0 N–H and O–H groups in total. The summed E-state index contributed by atoms with van der Waals surface area (Å²) >= 11 is 6.15. The lowest BCUT2D eigenvalue weighted by molar-refractivity contribution is 0.583. The maximum absolute atomic E-state index is 13.3. The molecule has 104 valence electrons. The summed E-state index contributed by atoms with van der Waals surface area (Å²) in [5.41, 5.74) is 1.40. The molecule has 3 atom stereocenters. The predicted octanol–water partition coefficient (Wildman–Crippen LogP) is 3.41. The quantitative estimate of drug-likeness (QED) is 0.811. The fourth-order valence-electron chi connectivity index (χ4n) is 2.25. The maximum atomic E-state index is 13.3. The van der Waals surface area contributed by atoms with Crippen LogP contribution >= 0.6 is 11.6 Å². The number of imidazole rings is 1. The van der Waals surface area contributed by atoms with Crippen molar-refractivity contribution >= 4 is 33.4 Å². The molecule has 0 radical (unpaired) electrons. The molecule has 1 aromatic carbocycles. The van der Waals surface area contributed by atoms with Gasteiger partial charge in [0.25, 0.3) is 0 Å². The van der Waals surface area contributed by atoms with E-state index in [4.69, 9.17) is 11.6 Å². The minimum absolute atomic E-state index is 0.00232. The molecule has 1 heterocycles. The van der Waals surface area contributed by atoms with Crippen molar-refractivity contribution in [1.29, 1.82) is 0 Å². The van der Waals surface area contributed by atoms with Crippen molar-refractivity contribution in [2.75, 3.05) is 12.0 Å². The van der Waals surface area contributed by atoms with Gasteiger partial charge in [-0.05, 0) is 26.0 Å². The van der Waals surface area contributed by atoms with Gasteiger partial charge in [-0.25, -0.2) is 9.37 Å². The molecule has 19 heavy (non-hydrogen) atoms. The molecular formula is C13H16ClFN2OS. The number of aromatic nitrogens is 2. The SMILES string of the molecule is CC(Cl)c1nc2cc(F)ccc2n1C(C)CS(C)=O. The van der Waals surface area contributed by atoms with Crippen LogP contribution in [0.5, 0.6) is 0 Å². The summed E-state index contributed by atoms with van der Waals surface area (Å²) in [5.74, 6) is 0.872. The molecule has 0 aliphatic heterocycles. The lowest BCUT2D eigenvalue weighted by Gasteiger charge is -2.17. The standard InChI is InChI=1S/C13H16ClFN2OS/c1-8(7-19(3)18)17-12-5-4-10(15)6-11(12)16-13(17)9(2)14/h4-6,8-9H,7H2,1-3H3. The van der Waals surface area contributed by atoms with Crippen molar-refractivity contribution in [3.63, 3.8) is 0 Å². The Morgan fingerprint density at radius 3 is 2.74 bits per heavy atom. The van der Waals surface area contributed by atoms with Gasteiger partial charge in [-0.3, -0.25) is 4.21 Å². The van der Waals surface area contributed by atoms with Crippen LogP contribution < -0.4 is 0 Å². The van der Waals surface area contributed by atoms with Crippen molar-refractivity contribution < 1.29 is 8.60 Å². The van der Waals surface area contributed by atoms with Gasteiger partial charge >= 0.3 is 0 Å². The van der Waals surface area contributed by atoms with Crippen LogP contribution in [0.15, 0.2) is 18.2 Å². The van der Waals surface area contributed by atoms with E-state index >= 15 is 0 Å². The zero-order valence-corrected chi connectivity index (χ0v) is 12.6. The molecule has 0 spiro atoms. The Morgan fingerprint density at radius 2 is 2.16 bits per heavy atom. The Morgan fingerprint density at radius 1 is 1.47 bits per heavy atom. The fraction of sp³-hybridized carbons (Fsp3) is 0.462. The number of alkyl halides is 1. The van der Waals surface area contributed by atoms with Gasteiger partial charge in [-0.2, -0.15) is 0 Å². The van der Waals surface area contributed by atoms with Crippen LogP contribution in [-0.4, -0.2) is 25.8 Å². The van der Waals surface area contributed by atoms with Gasteiger partial charge in [0.2, 0.25) is 0 Å². The molecule has 0 bridgehead atoms. The normalized spacial score (nSPS) is 16.5. The van der Waals surface area contributed by atoms with Crippen LogP contribution in [0.1, 0.15) is 31.1 Å². The molecule has 0 aliphatic rings. The van der Waals surface area contributed by atoms with Crippen LogP contribution in [0.25, 0.3) is 11.0 Å². The molecule has 3 unspecified atom stereocenters. The fourth-order valence-corrected chi connectivity index (χ4v) is 3.23. The van der Waals surface area contributed by atoms with Crippen LogP contribution in [-0.2, 0) is 10.8 Å². The Labute approximate surface area is 119 Å². The highest BCUT2D eigenvalue weighted by Gasteiger charge is 2.20. The smallest absolute Gasteiger partial charge is 0.127 e. The Kier molecular flexibility index (Phi) is 4.26. The molecule has 0 aliphatic carbocycles. The van der Waals surface area contributed by atoms with Gasteiger partial charge in [-0.1, -0.05) is 0 Å². The van der Waals surface area contributed by atoms with Crippen molar-refractivity contribution in [2.24, 2.45) is 0 Å². The first-order chi connectivity index (χ1) is 8.90. The van der Waals surface area contributed by atoms with Crippen molar-refractivity contribution in [3.05, 3.63) is 29.8 Å². The molecule has 0 saturated carbocycles. The zero-order chi connectivity index (χ0) is 14.2. The second-order valence-corrected chi connectivity index (χ2v) is 6.81. The summed E-state index contributed by atoms with van der Waals surface area (Å²) in [6, 6.07) is 4.48. The first-order valence-corrected chi connectivity index (χ1v) is 8.18. The highest BCUT2D eigenvalue weighted by molar-refractivity contribution is 7.84. The number of fused-ring (bicyclic) bond motifs is 1. The highest BCUT2D eigenvalue weighted by atomic mass is 35.5. The van der Waals surface area contributed by atoms with Gasteiger partial charge in [-0.15, -0.1) is 11.6 Å². The average molecular weight is 303 g/mol. The molecule has 0 fully saturated rings. The number of halogens is 2. The summed E-state index contributed by atoms with van der Waals surface area (Å²) in [6.45, 7) is 3.79.